The third-order valence-electron chi connectivity index (χ3n) is 2.48. The molecule has 2 rings (SSSR count). The molecule has 5 heteroatoms. The van der Waals surface area contributed by atoms with E-state index in [1.54, 1.807) is 6.07 Å². The van der Waals surface area contributed by atoms with Gasteiger partial charge in [-0.15, -0.1) is 0 Å². The summed E-state index contributed by atoms with van der Waals surface area (Å²) < 4.78 is 10.5. The topological polar surface area (TPSA) is 71.7 Å². The Labute approximate surface area is 110 Å². The van der Waals surface area contributed by atoms with Crippen molar-refractivity contribution in [1.82, 2.24) is 0 Å². The molecule has 1 heterocycles. The van der Waals surface area contributed by atoms with E-state index in [1.807, 2.05) is 31.2 Å². The fourth-order valence-electron chi connectivity index (χ4n) is 1.64. The van der Waals surface area contributed by atoms with Crippen molar-refractivity contribution >= 4 is 11.7 Å². The normalized spacial score (nSPS) is 10.2. The van der Waals surface area contributed by atoms with Gasteiger partial charge >= 0.3 is 5.97 Å². The first kappa shape index (κ1) is 13.0. The molecule has 0 amide bonds. The maximum atomic E-state index is 10.7. The van der Waals surface area contributed by atoms with Crippen LogP contribution >= 0.6 is 0 Å². The number of benzene rings is 1. The van der Waals surface area contributed by atoms with Crippen LogP contribution in [0.4, 0.5) is 5.69 Å². The summed E-state index contributed by atoms with van der Waals surface area (Å²) in [5, 5.41) is 11.9. The van der Waals surface area contributed by atoms with Crippen molar-refractivity contribution in [3.05, 3.63) is 47.9 Å². The second-order valence-corrected chi connectivity index (χ2v) is 3.89. The van der Waals surface area contributed by atoms with E-state index >= 15 is 0 Å². The summed E-state index contributed by atoms with van der Waals surface area (Å²) in [7, 11) is 0. The first-order valence-corrected chi connectivity index (χ1v) is 5.98. The molecule has 5 nitrogen and oxygen atoms in total. The number of ether oxygens (including phenoxy) is 1. The average Bonchev–Trinajstić information content (AvgIpc) is 2.86. The van der Waals surface area contributed by atoms with Gasteiger partial charge in [-0.05, 0) is 31.2 Å². The van der Waals surface area contributed by atoms with Gasteiger partial charge in [0.05, 0.1) is 13.2 Å². The molecule has 0 aliphatic carbocycles. The van der Waals surface area contributed by atoms with Crippen LogP contribution in [-0.4, -0.2) is 17.7 Å². The Morgan fingerprint density at radius 3 is 2.89 bits per heavy atom. The Morgan fingerprint density at radius 2 is 2.21 bits per heavy atom. The van der Waals surface area contributed by atoms with Gasteiger partial charge in [-0.1, -0.05) is 6.07 Å². The molecular weight excluding hydrogens is 246 g/mol. The molecule has 0 saturated heterocycles. The maximum absolute atomic E-state index is 10.7. The Kier molecular flexibility index (Phi) is 4.07. The lowest BCUT2D eigenvalue weighted by Crippen LogP contribution is -1.99. The number of rotatable bonds is 6. The molecular formula is C14H15NO4. The average molecular weight is 261 g/mol. The number of nitrogens with one attached hydrogen (secondary N) is 1. The lowest BCUT2D eigenvalue weighted by atomic mass is 10.3. The maximum Gasteiger partial charge on any atom is 0.371 e. The van der Waals surface area contributed by atoms with Gasteiger partial charge < -0.3 is 19.6 Å². The first-order valence-electron chi connectivity index (χ1n) is 5.98. The molecule has 0 radical (unpaired) electrons. The largest absolute Gasteiger partial charge is 0.494 e. The summed E-state index contributed by atoms with van der Waals surface area (Å²) >= 11 is 0. The minimum absolute atomic E-state index is 0.0557. The van der Waals surface area contributed by atoms with Crippen LogP contribution < -0.4 is 10.1 Å². The molecule has 0 aliphatic heterocycles. The molecule has 2 aromatic rings. The summed E-state index contributed by atoms with van der Waals surface area (Å²) in [5.74, 6) is 0.238. The van der Waals surface area contributed by atoms with E-state index in [4.69, 9.17) is 14.3 Å². The third kappa shape index (κ3) is 3.51. The highest BCUT2D eigenvalue weighted by atomic mass is 16.5. The summed E-state index contributed by atoms with van der Waals surface area (Å²) in [4.78, 5) is 10.7. The molecule has 0 unspecified atom stereocenters. The Bertz CT molecular complexity index is 562. The lowest BCUT2D eigenvalue weighted by Gasteiger charge is -2.07. The van der Waals surface area contributed by atoms with E-state index in [9.17, 15) is 4.79 Å². The lowest BCUT2D eigenvalue weighted by molar-refractivity contribution is 0.0660. The van der Waals surface area contributed by atoms with E-state index in [-0.39, 0.29) is 5.76 Å². The fourth-order valence-corrected chi connectivity index (χ4v) is 1.64. The standard InChI is InChI=1S/C14H15NO4/c1-2-18-11-5-3-4-10(8-11)15-9-12-6-7-13(19-12)14(16)17/h3-8,15H,2,9H2,1H3,(H,16,17). The first-order chi connectivity index (χ1) is 9.19. The number of aromatic carboxylic acids is 1. The second kappa shape index (κ2) is 5.95. The van der Waals surface area contributed by atoms with E-state index in [0.29, 0.717) is 18.9 Å². The molecule has 0 atom stereocenters. The number of anilines is 1. The number of carbonyl (C=O) groups is 1. The van der Waals surface area contributed by atoms with Crippen LogP contribution in [0.3, 0.4) is 0 Å². The van der Waals surface area contributed by atoms with Gasteiger partial charge in [-0.2, -0.15) is 0 Å². The molecule has 1 aromatic carbocycles. The van der Waals surface area contributed by atoms with Crippen LogP contribution in [0.15, 0.2) is 40.8 Å². The zero-order valence-corrected chi connectivity index (χ0v) is 10.6. The minimum atomic E-state index is -1.07. The zero-order chi connectivity index (χ0) is 13.7. The van der Waals surface area contributed by atoms with E-state index in [0.717, 1.165) is 11.4 Å². The smallest absolute Gasteiger partial charge is 0.371 e. The molecule has 0 spiro atoms. The Balaban J connectivity index is 1.97. The molecule has 0 aliphatic rings. The SMILES string of the molecule is CCOc1cccc(NCc2ccc(C(=O)O)o2)c1. The van der Waals surface area contributed by atoms with Crippen LogP contribution in [0.25, 0.3) is 0 Å². The molecule has 1 aromatic heterocycles. The van der Waals surface area contributed by atoms with Gasteiger partial charge in [-0.3, -0.25) is 0 Å². The number of furan rings is 1. The monoisotopic (exact) mass is 261 g/mol. The van der Waals surface area contributed by atoms with Crippen molar-refractivity contribution in [3.63, 3.8) is 0 Å². The van der Waals surface area contributed by atoms with E-state index in [1.165, 1.54) is 6.07 Å². The van der Waals surface area contributed by atoms with Crippen molar-refractivity contribution in [1.29, 1.82) is 0 Å². The van der Waals surface area contributed by atoms with Gasteiger partial charge in [0.2, 0.25) is 5.76 Å². The van der Waals surface area contributed by atoms with Crippen molar-refractivity contribution < 1.29 is 19.1 Å². The summed E-state index contributed by atoms with van der Waals surface area (Å²) in [6, 6.07) is 10.6. The van der Waals surface area contributed by atoms with E-state index < -0.39 is 5.97 Å². The van der Waals surface area contributed by atoms with Gasteiger partial charge in [0.15, 0.2) is 0 Å². The zero-order valence-electron chi connectivity index (χ0n) is 10.6. The van der Waals surface area contributed by atoms with Gasteiger partial charge in [-0.25, -0.2) is 4.79 Å². The molecule has 100 valence electrons. The summed E-state index contributed by atoms with van der Waals surface area (Å²) in [6.45, 7) is 2.96. The predicted molar refractivity (Wildman–Crippen MR) is 70.6 cm³/mol. The van der Waals surface area contributed by atoms with Crippen molar-refractivity contribution in [2.45, 2.75) is 13.5 Å². The fraction of sp³-hybridized carbons (Fsp3) is 0.214. The van der Waals surface area contributed by atoms with Gasteiger partial charge in [0.25, 0.3) is 0 Å². The van der Waals surface area contributed by atoms with Crippen LogP contribution in [0.1, 0.15) is 23.2 Å². The molecule has 0 saturated carbocycles. The van der Waals surface area contributed by atoms with Crippen molar-refractivity contribution in [2.75, 3.05) is 11.9 Å². The Morgan fingerprint density at radius 1 is 1.37 bits per heavy atom. The van der Waals surface area contributed by atoms with Gasteiger partial charge in [0, 0.05) is 11.8 Å². The highest BCUT2D eigenvalue weighted by Crippen LogP contribution is 2.18. The number of carboxylic acids is 1. The molecule has 19 heavy (non-hydrogen) atoms. The second-order valence-electron chi connectivity index (χ2n) is 3.89. The van der Waals surface area contributed by atoms with Crippen LogP contribution in [0, 0.1) is 0 Å². The summed E-state index contributed by atoms with van der Waals surface area (Å²) in [5.41, 5.74) is 0.888. The van der Waals surface area contributed by atoms with Crippen molar-refractivity contribution in [2.24, 2.45) is 0 Å². The third-order valence-corrected chi connectivity index (χ3v) is 2.48. The summed E-state index contributed by atoms with van der Waals surface area (Å²) in [6.07, 6.45) is 0. The van der Waals surface area contributed by atoms with Crippen molar-refractivity contribution in [3.8, 4) is 5.75 Å². The van der Waals surface area contributed by atoms with Gasteiger partial charge in [0.1, 0.15) is 11.5 Å². The minimum Gasteiger partial charge on any atom is -0.494 e. The molecule has 2 N–H and O–H groups in total. The highest BCUT2D eigenvalue weighted by molar-refractivity contribution is 5.84. The van der Waals surface area contributed by atoms with Crippen LogP contribution in [-0.2, 0) is 6.54 Å². The highest BCUT2D eigenvalue weighted by Gasteiger charge is 2.08. The number of hydrogen-bond donors (Lipinski definition) is 2. The van der Waals surface area contributed by atoms with Crippen LogP contribution in [0.2, 0.25) is 0 Å². The Hall–Kier alpha value is -2.43. The number of hydrogen-bond acceptors (Lipinski definition) is 4. The predicted octanol–water partition coefficient (Wildman–Crippen LogP) is 2.99. The van der Waals surface area contributed by atoms with Crippen LogP contribution in [0.5, 0.6) is 5.75 Å². The number of carboxylic acid groups (broad SMARTS) is 1. The quantitative estimate of drug-likeness (QED) is 0.836. The molecule has 0 fully saturated rings. The molecule has 0 bridgehead atoms. The van der Waals surface area contributed by atoms with E-state index in [2.05, 4.69) is 5.32 Å².